The van der Waals surface area contributed by atoms with Crippen molar-refractivity contribution >= 4 is 11.6 Å². The molecule has 3 aromatic rings. The molecule has 0 fully saturated rings. The minimum absolute atomic E-state index is 0.0599. The van der Waals surface area contributed by atoms with Crippen molar-refractivity contribution in [3.05, 3.63) is 71.3 Å². The molecule has 0 radical (unpaired) electrons. The Kier molecular flexibility index (Phi) is 4.93. The van der Waals surface area contributed by atoms with Gasteiger partial charge in [0.05, 0.1) is 11.3 Å². The number of amides is 1. The highest BCUT2D eigenvalue weighted by molar-refractivity contribution is 6.07. The van der Waals surface area contributed by atoms with Crippen LogP contribution in [0.15, 0.2) is 42.6 Å². The number of anilines is 1. The number of hydrogen-bond acceptors (Lipinski definition) is 2. The summed E-state index contributed by atoms with van der Waals surface area (Å²) in [6.07, 6.45) is -1.92. The van der Waals surface area contributed by atoms with Crippen LogP contribution in [0.2, 0.25) is 0 Å². The van der Waals surface area contributed by atoms with Crippen molar-refractivity contribution in [1.82, 2.24) is 9.78 Å². The molecule has 0 saturated carbocycles. The molecule has 1 N–H and O–H groups in total. The van der Waals surface area contributed by atoms with Crippen LogP contribution in [0.1, 0.15) is 22.5 Å². The van der Waals surface area contributed by atoms with Crippen molar-refractivity contribution in [3.8, 4) is 11.1 Å². The van der Waals surface area contributed by atoms with Gasteiger partial charge in [-0.2, -0.15) is 5.10 Å². The number of carbonyl (C=O) groups is 1. The minimum Gasteiger partial charge on any atom is -0.319 e. The van der Waals surface area contributed by atoms with Gasteiger partial charge >= 0.3 is 0 Å². The van der Waals surface area contributed by atoms with Gasteiger partial charge in [0, 0.05) is 18.8 Å². The largest absolute Gasteiger partial charge is 0.319 e. The number of halogens is 5. The fourth-order valence-electron chi connectivity index (χ4n) is 2.58. The third kappa shape index (κ3) is 3.67. The molecular formula is C18H12F5N3O. The first-order chi connectivity index (χ1) is 12.8. The Morgan fingerprint density at radius 2 is 1.81 bits per heavy atom. The highest BCUT2D eigenvalue weighted by Gasteiger charge is 2.24. The third-order valence-electron chi connectivity index (χ3n) is 3.79. The molecule has 0 aliphatic heterocycles. The molecule has 1 aromatic heterocycles. The maximum absolute atomic E-state index is 14.3. The van der Waals surface area contributed by atoms with Crippen LogP contribution in [0.3, 0.4) is 0 Å². The molecule has 0 unspecified atom stereocenters. The van der Waals surface area contributed by atoms with E-state index < -0.39 is 41.0 Å². The summed E-state index contributed by atoms with van der Waals surface area (Å²) in [5, 5.41) is 5.74. The van der Waals surface area contributed by atoms with Crippen molar-refractivity contribution in [2.45, 2.75) is 6.43 Å². The summed E-state index contributed by atoms with van der Waals surface area (Å²) < 4.78 is 68.1. The minimum atomic E-state index is -3.00. The van der Waals surface area contributed by atoms with E-state index in [1.165, 1.54) is 25.2 Å². The van der Waals surface area contributed by atoms with Gasteiger partial charge in [-0.05, 0) is 23.8 Å². The number of alkyl halides is 2. The maximum atomic E-state index is 14.3. The van der Waals surface area contributed by atoms with Crippen LogP contribution in [0.4, 0.5) is 27.6 Å². The molecule has 4 nitrogen and oxygen atoms in total. The van der Waals surface area contributed by atoms with Crippen LogP contribution >= 0.6 is 0 Å². The van der Waals surface area contributed by atoms with E-state index in [0.29, 0.717) is 0 Å². The fourth-order valence-corrected chi connectivity index (χ4v) is 2.58. The predicted octanol–water partition coefficient (Wildman–Crippen LogP) is 4.69. The zero-order valence-electron chi connectivity index (χ0n) is 13.8. The Morgan fingerprint density at radius 3 is 2.48 bits per heavy atom. The molecule has 0 atom stereocenters. The van der Waals surface area contributed by atoms with Crippen LogP contribution in [-0.2, 0) is 7.05 Å². The lowest BCUT2D eigenvalue weighted by molar-refractivity contribution is 0.101. The van der Waals surface area contributed by atoms with E-state index in [-0.39, 0.29) is 16.8 Å². The first-order valence-corrected chi connectivity index (χ1v) is 7.65. The first kappa shape index (κ1) is 18.6. The molecule has 0 aliphatic rings. The third-order valence-corrected chi connectivity index (χ3v) is 3.79. The predicted molar refractivity (Wildman–Crippen MR) is 87.9 cm³/mol. The van der Waals surface area contributed by atoms with Gasteiger partial charge in [-0.1, -0.05) is 18.2 Å². The second-order valence-electron chi connectivity index (χ2n) is 5.65. The maximum Gasteiger partial charge on any atom is 0.282 e. The number of carbonyl (C=O) groups excluding carboxylic acids is 1. The van der Waals surface area contributed by atoms with E-state index in [2.05, 4.69) is 10.4 Å². The molecule has 9 heteroatoms. The average molecular weight is 381 g/mol. The van der Waals surface area contributed by atoms with Gasteiger partial charge in [-0.15, -0.1) is 0 Å². The van der Waals surface area contributed by atoms with Crippen LogP contribution in [0.5, 0.6) is 0 Å². The molecule has 3 rings (SSSR count). The SMILES string of the molecule is Cn1cc(C(=O)Nc2c(F)cccc2-c2ccc(F)c(F)c2)c(C(F)F)n1. The van der Waals surface area contributed by atoms with Crippen LogP contribution < -0.4 is 5.32 Å². The number of benzene rings is 2. The van der Waals surface area contributed by atoms with Gasteiger partial charge < -0.3 is 5.32 Å². The van der Waals surface area contributed by atoms with Gasteiger partial charge in [0.2, 0.25) is 0 Å². The summed E-state index contributed by atoms with van der Waals surface area (Å²) in [5.74, 6) is -4.11. The van der Waals surface area contributed by atoms with Gasteiger partial charge in [0.25, 0.3) is 12.3 Å². The average Bonchev–Trinajstić information content (AvgIpc) is 3.01. The number of aromatic nitrogens is 2. The Labute approximate surface area is 150 Å². The number of nitrogens with zero attached hydrogens (tertiary/aromatic N) is 2. The van der Waals surface area contributed by atoms with Crippen molar-refractivity contribution < 1.29 is 26.7 Å². The van der Waals surface area contributed by atoms with Gasteiger partial charge in [0.15, 0.2) is 11.6 Å². The molecule has 1 heterocycles. The summed E-state index contributed by atoms with van der Waals surface area (Å²) in [4.78, 5) is 12.4. The van der Waals surface area contributed by atoms with Crippen molar-refractivity contribution in [1.29, 1.82) is 0 Å². The van der Waals surface area contributed by atoms with Gasteiger partial charge in [-0.25, -0.2) is 22.0 Å². The molecule has 0 bridgehead atoms. The Hall–Kier alpha value is -3.23. The monoisotopic (exact) mass is 381 g/mol. The summed E-state index contributed by atoms with van der Waals surface area (Å²) in [6, 6.07) is 6.64. The van der Waals surface area contributed by atoms with E-state index in [1.54, 1.807) is 0 Å². The highest BCUT2D eigenvalue weighted by atomic mass is 19.3. The van der Waals surface area contributed by atoms with Crippen LogP contribution in [0, 0.1) is 17.5 Å². The van der Waals surface area contributed by atoms with Crippen LogP contribution in [0.25, 0.3) is 11.1 Å². The zero-order chi connectivity index (χ0) is 19.7. The molecule has 27 heavy (non-hydrogen) atoms. The summed E-state index contributed by atoms with van der Waals surface area (Å²) in [7, 11) is 1.36. The number of aryl methyl sites for hydroxylation is 1. The smallest absolute Gasteiger partial charge is 0.282 e. The van der Waals surface area contributed by atoms with Crippen molar-refractivity contribution in [2.24, 2.45) is 7.05 Å². The highest BCUT2D eigenvalue weighted by Crippen LogP contribution is 2.32. The summed E-state index contributed by atoms with van der Waals surface area (Å²) in [5.41, 5.74) is -1.36. The number of nitrogens with one attached hydrogen (secondary N) is 1. The fraction of sp³-hybridized carbons (Fsp3) is 0.111. The lowest BCUT2D eigenvalue weighted by Crippen LogP contribution is -2.15. The van der Waals surface area contributed by atoms with Crippen molar-refractivity contribution in [3.63, 3.8) is 0 Å². The van der Waals surface area contributed by atoms with E-state index in [0.717, 1.165) is 29.1 Å². The Morgan fingerprint density at radius 1 is 1.07 bits per heavy atom. The number of para-hydroxylation sites is 1. The second-order valence-corrected chi connectivity index (χ2v) is 5.65. The molecule has 0 spiro atoms. The van der Waals surface area contributed by atoms with Crippen LogP contribution in [-0.4, -0.2) is 15.7 Å². The van der Waals surface area contributed by atoms with E-state index >= 15 is 0 Å². The molecule has 0 aliphatic carbocycles. The topological polar surface area (TPSA) is 46.9 Å². The molecule has 140 valence electrons. The lowest BCUT2D eigenvalue weighted by Gasteiger charge is -2.13. The van der Waals surface area contributed by atoms with Gasteiger partial charge in [0.1, 0.15) is 11.5 Å². The molecule has 1 amide bonds. The molecular weight excluding hydrogens is 369 g/mol. The summed E-state index contributed by atoms with van der Waals surface area (Å²) >= 11 is 0. The van der Waals surface area contributed by atoms with Crippen molar-refractivity contribution in [2.75, 3.05) is 5.32 Å². The van der Waals surface area contributed by atoms with E-state index in [9.17, 15) is 26.7 Å². The van der Waals surface area contributed by atoms with Gasteiger partial charge in [-0.3, -0.25) is 9.48 Å². The normalized spacial score (nSPS) is 11.1. The Bertz CT molecular complexity index is 1020. The number of rotatable bonds is 4. The van der Waals surface area contributed by atoms with E-state index in [4.69, 9.17) is 0 Å². The lowest BCUT2D eigenvalue weighted by atomic mass is 10.0. The second kappa shape index (κ2) is 7.18. The number of hydrogen-bond donors (Lipinski definition) is 1. The first-order valence-electron chi connectivity index (χ1n) is 7.65. The standard InChI is InChI=1S/C18H12F5N3O/c1-26-8-11(16(25-26)17(22)23)18(27)24-15-10(3-2-4-13(15)20)9-5-6-12(19)14(21)7-9/h2-8,17H,1H3,(H,24,27). The summed E-state index contributed by atoms with van der Waals surface area (Å²) in [6.45, 7) is 0. The molecule has 2 aromatic carbocycles. The zero-order valence-corrected chi connectivity index (χ0v) is 13.8. The molecule has 0 saturated heterocycles. The Balaban J connectivity index is 2.03. The quantitative estimate of drug-likeness (QED) is 0.667. The van der Waals surface area contributed by atoms with E-state index in [1.807, 2.05) is 0 Å².